The van der Waals surface area contributed by atoms with Crippen molar-refractivity contribution in [1.29, 1.82) is 0 Å². The van der Waals surface area contributed by atoms with Gasteiger partial charge in [0.05, 0.1) is 0 Å². The number of rotatable bonds is 5. The second-order valence-electron chi connectivity index (χ2n) is 4.16. The Morgan fingerprint density at radius 1 is 1.12 bits per heavy atom. The SMILES string of the molecule is O=C(CCCC(=O)N1CC1)c1ccc(Cl)cc1. The molecule has 17 heavy (non-hydrogen) atoms. The van der Waals surface area contributed by atoms with Crippen molar-refractivity contribution in [2.24, 2.45) is 0 Å². The van der Waals surface area contributed by atoms with Crippen LogP contribution in [-0.2, 0) is 4.79 Å². The summed E-state index contributed by atoms with van der Waals surface area (Å²) in [6.45, 7) is 1.76. The molecule has 1 aromatic rings. The molecule has 3 nitrogen and oxygen atoms in total. The minimum absolute atomic E-state index is 0.0697. The third-order valence-corrected chi connectivity index (χ3v) is 3.01. The van der Waals surface area contributed by atoms with Crippen LogP contribution in [0.2, 0.25) is 5.02 Å². The van der Waals surface area contributed by atoms with Crippen LogP contribution in [0.3, 0.4) is 0 Å². The van der Waals surface area contributed by atoms with Crippen LogP contribution >= 0.6 is 11.6 Å². The maximum atomic E-state index is 11.8. The molecule has 1 amide bonds. The highest BCUT2D eigenvalue weighted by Crippen LogP contribution is 2.14. The fourth-order valence-corrected chi connectivity index (χ4v) is 1.76. The third-order valence-electron chi connectivity index (χ3n) is 2.76. The van der Waals surface area contributed by atoms with E-state index in [1.807, 2.05) is 0 Å². The molecular weight excluding hydrogens is 238 g/mol. The van der Waals surface area contributed by atoms with Crippen molar-refractivity contribution in [3.63, 3.8) is 0 Å². The van der Waals surface area contributed by atoms with E-state index in [2.05, 4.69) is 0 Å². The summed E-state index contributed by atoms with van der Waals surface area (Å²) in [6.07, 6.45) is 1.51. The molecule has 90 valence electrons. The van der Waals surface area contributed by atoms with Gasteiger partial charge in [0.15, 0.2) is 5.78 Å². The van der Waals surface area contributed by atoms with Crippen LogP contribution in [0.15, 0.2) is 24.3 Å². The fraction of sp³-hybridized carbons (Fsp3) is 0.385. The summed E-state index contributed by atoms with van der Waals surface area (Å²) >= 11 is 5.74. The summed E-state index contributed by atoms with van der Waals surface area (Å²) in [5.74, 6) is 0.231. The number of hydrogen-bond acceptors (Lipinski definition) is 2. The van der Waals surface area contributed by atoms with Gasteiger partial charge < -0.3 is 4.90 Å². The van der Waals surface area contributed by atoms with Crippen molar-refractivity contribution in [2.75, 3.05) is 13.1 Å². The summed E-state index contributed by atoms with van der Waals surface area (Å²) in [6, 6.07) is 6.85. The van der Waals surface area contributed by atoms with E-state index in [-0.39, 0.29) is 11.7 Å². The van der Waals surface area contributed by atoms with Crippen LogP contribution in [0.25, 0.3) is 0 Å². The molecule has 0 radical (unpaired) electrons. The van der Waals surface area contributed by atoms with Gasteiger partial charge in [-0.3, -0.25) is 9.59 Å². The first-order valence-corrected chi connectivity index (χ1v) is 6.11. The normalized spacial score (nSPS) is 13.6. The van der Waals surface area contributed by atoms with Gasteiger partial charge in [0.1, 0.15) is 0 Å². The second kappa shape index (κ2) is 5.32. The molecule has 1 heterocycles. The van der Waals surface area contributed by atoms with Crippen LogP contribution in [0.1, 0.15) is 29.6 Å². The molecule has 0 spiro atoms. The standard InChI is InChI=1S/C13H14ClNO2/c14-11-6-4-10(5-7-11)12(16)2-1-3-13(17)15-8-9-15/h4-7H,1-3,8-9H2. The summed E-state index contributed by atoms with van der Waals surface area (Å²) in [5.41, 5.74) is 0.661. The first kappa shape index (κ1) is 12.1. The van der Waals surface area contributed by atoms with Crippen molar-refractivity contribution in [1.82, 2.24) is 4.90 Å². The monoisotopic (exact) mass is 251 g/mol. The number of carbonyl (C=O) groups excluding carboxylic acids is 2. The number of amides is 1. The van der Waals surface area contributed by atoms with Crippen LogP contribution in [-0.4, -0.2) is 29.7 Å². The summed E-state index contributed by atoms with van der Waals surface area (Å²) < 4.78 is 0. The molecule has 4 heteroatoms. The van der Waals surface area contributed by atoms with Crippen molar-refractivity contribution >= 4 is 23.3 Å². The average Bonchev–Trinajstić information content (AvgIpc) is 3.13. The Hall–Kier alpha value is -1.35. The van der Waals surface area contributed by atoms with E-state index in [1.54, 1.807) is 29.2 Å². The van der Waals surface area contributed by atoms with E-state index in [0.717, 1.165) is 13.1 Å². The fourth-order valence-electron chi connectivity index (χ4n) is 1.64. The number of hydrogen-bond donors (Lipinski definition) is 0. The van der Waals surface area contributed by atoms with Gasteiger partial charge in [0, 0.05) is 36.5 Å². The van der Waals surface area contributed by atoms with Crippen LogP contribution in [0.4, 0.5) is 0 Å². The molecule has 0 saturated carbocycles. The van der Waals surface area contributed by atoms with E-state index >= 15 is 0 Å². The van der Waals surface area contributed by atoms with Crippen LogP contribution in [0, 0.1) is 0 Å². The lowest BCUT2D eigenvalue weighted by molar-refractivity contribution is -0.125. The molecule has 0 aliphatic carbocycles. The van der Waals surface area contributed by atoms with Crippen molar-refractivity contribution < 1.29 is 9.59 Å². The van der Waals surface area contributed by atoms with E-state index in [4.69, 9.17) is 11.6 Å². The van der Waals surface area contributed by atoms with E-state index < -0.39 is 0 Å². The predicted octanol–water partition coefficient (Wildman–Crippen LogP) is 2.54. The molecule has 0 aromatic heterocycles. The van der Waals surface area contributed by atoms with E-state index in [0.29, 0.717) is 29.8 Å². The summed E-state index contributed by atoms with van der Waals surface area (Å²) in [5, 5.41) is 0.623. The number of carbonyl (C=O) groups is 2. The largest absolute Gasteiger partial charge is 0.339 e. The Kier molecular flexibility index (Phi) is 3.79. The molecule has 1 aliphatic heterocycles. The molecule has 0 N–H and O–H groups in total. The van der Waals surface area contributed by atoms with Gasteiger partial charge in [0.25, 0.3) is 0 Å². The Balaban J connectivity index is 1.76. The first-order chi connectivity index (χ1) is 8.16. The zero-order valence-electron chi connectivity index (χ0n) is 9.49. The highest BCUT2D eigenvalue weighted by atomic mass is 35.5. The highest BCUT2D eigenvalue weighted by Gasteiger charge is 2.23. The van der Waals surface area contributed by atoms with E-state index in [9.17, 15) is 9.59 Å². The van der Waals surface area contributed by atoms with Gasteiger partial charge in [-0.05, 0) is 30.7 Å². The Bertz CT molecular complexity index is 424. The lowest BCUT2D eigenvalue weighted by Crippen LogP contribution is -2.10. The average molecular weight is 252 g/mol. The highest BCUT2D eigenvalue weighted by molar-refractivity contribution is 6.30. The molecule has 0 atom stereocenters. The molecule has 0 unspecified atom stereocenters. The lowest BCUT2D eigenvalue weighted by atomic mass is 10.1. The van der Waals surface area contributed by atoms with E-state index in [1.165, 1.54) is 0 Å². The van der Waals surface area contributed by atoms with Crippen LogP contribution in [0.5, 0.6) is 0 Å². The topological polar surface area (TPSA) is 37.1 Å². The maximum Gasteiger partial charge on any atom is 0.222 e. The lowest BCUT2D eigenvalue weighted by Gasteiger charge is -2.02. The summed E-state index contributed by atoms with van der Waals surface area (Å²) in [4.78, 5) is 24.9. The van der Waals surface area contributed by atoms with Gasteiger partial charge in [-0.25, -0.2) is 0 Å². The smallest absolute Gasteiger partial charge is 0.222 e. The van der Waals surface area contributed by atoms with Gasteiger partial charge >= 0.3 is 0 Å². The van der Waals surface area contributed by atoms with Crippen molar-refractivity contribution in [3.05, 3.63) is 34.9 Å². The Morgan fingerprint density at radius 3 is 2.35 bits per heavy atom. The molecule has 1 aromatic carbocycles. The van der Waals surface area contributed by atoms with Crippen molar-refractivity contribution in [3.8, 4) is 0 Å². The van der Waals surface area contributed by atoms with Crippen molar-refractivity contribution in [2.45, 2.75) is 19.3 Å². The predicted molar refractivity (Wildman–Crippen MR) is 66.2 cm³/mol. The molecule has 2 rings (SSSR count). The van der Waals surface area contributed by atoms with Crippen LogP contribution < -0.4 is 0 Å². The Labute approximate surface area is 105 Å². The molecule has 1 saturated heterocycles. The number of Topliss-reactive ketones (excluding diaryl/α,β-unsaturated/α-hetero) is 1. The third kappa shape index (κ3) is 3.56. The van der Waals surface area contributed by atoms with Gasteiger partial charge in [-0.2, -0.15) is 0 Å². The number of nitrogens with zero attached hydrogens (tertiary/aromatic N) is 1. The van der Waals surface area contributed by atoms with Gasteiger partial charge in [-0.15, -0.1) is 0 Å². The minimum atomic E-state index is 0.0697. The van der Waals surface area contributed by atoms with Gasteiger partial charge in [-0.1, -0.05) is 11.6 Å². The minimum Gasteiger partial charge on any atom is -0.339 e. The zero-order valence-corrected chi connectivity index (χ0v) is 10.2. The number of benzene rings is 1. The molecule has 1 fully saturated rings. The Morgan fingerprint density at radius 2 is 1.76 bits per heavy atom. The quantitative estimate of drug-likeness (QED) is 0.596. The number of halogens is 1. The molecule has 0 bridgehead atoms. The second-order valence-corrected chi connectivity index (χ2v) is 4.60. The van der Waals surface area contributed by atoms with Gasteiger partial charge in [0.2, 0.25) is 5.91 Å². The number of ketones is 1. The molecular formula is C13H14ClNO2. The zero-order chi connectivity index (χ0) is 12.3. The summed E-state index contributed by atoms with van der Waals surface area (Å²) in [7, 11) is 0. The molecule has 1 aliphatic rings. The first-order valence-electron chi connectivity index (χ1n) is 5.73. The maximum absolute atomic E-state index is 11.8.